The normalized spacial score (nSPS) is 10.1. The lowest BCUT2D eigenvalue weighted by Gasteiger charge is -2.11. The molecule has 0 heterocycles. The Balaban J connectivity index is 3.13. The number of nitrogens with zero attached hydrogens (tertiary/aromatic N) is 2. The third kappa shape index (κ3) is 3.00. The highest BCUT2D eigenvalue weighted by molar-refractivity contribution is 14.1. The van der Waals surface area contributed by atoms with Crippen LogP contribution in [0.1, 0.15) is 5.56 Å². The van der Waals surface area contributed by atoms with Gasteiger partial charge in [-0.1, -0.05) is 0 Å². The molecule has 0 saturated carbocycles. The summed E-state index contributed by atoms with van der Waals surface area (Å²) in [5, 5.41) is 11.9. The molecule has 2 N–H and O–H groups in total. The van der Waals surface area contributed by atoms with E-state index in [1.165, 1.54) is 13.3 Å². The number of methoxy groups -OCH3 is 1. The summed E-state index contributed by atoms with van der Waals surface area (Å²) in [6, 6.07) is 5.49. The number of ether oxygens (including phenoxy) is 2. The van der Waals surface area contributed by atoms with Gasteiger partial charge in [-0.3, -0.25) is 0 Å². The average molecular weight is 331 g/mol. The van der Waals surface area contributed by atoms with Gasteiger partial charge in [-0.15, -0.1) is 0 Å². The summed E-state index contributed by atoms with van der Waals surface area (Å²) in [5.74, 6) is 6.18. The quantitative estimate of drug-likeness (QED) is 0.392. The van der Waals surface area contributed by atoms with E-state index in [-0.39, 0.29) is 6.61 Å². The van der Waals surface area contributed by atoms with E-state index >= 15 is 0 Å². The van der Waals surface area contributed by atoms with Crippen molar-refractivity contribution in [1.29, 1.82) is 5.26 Å². The van der Waals surface area contributed by atoms with Crippen LogP contribution in [0, 0.1) is 14.9 Å². The summed E-state index contributed by atoms with van der Waals surface area (Å²) in [6.45, 7) is -0.0172. The standard InChI is InChI=1S/C10H10IN3O2/c1-15-9-5-7(6-14-13)4-8(11)10(9)16-3-2-12/h4-6H,3,13H2,1H3. The van der Waals surface area contributed by atoms with Crippen LogP contribution in [0.5, 0.6) is 11.5 Å². The SMILES string of the molecule is COc1cc(C=NN)cc(I)c1OCC#N. The van der Waals surface area contributed by atoms with E-state index in [1.54, 1.807) is 6.07 Å². The first kappa shape index (κ1) is 12.6. The maximum atomic E-state index is 8.46. The van der Waals surface area contributed by atoms with Crippen molar-refractivity contribution in [1.82, 2.24) is 0 Å². The first-order valence-electron chi connectivity index (χ1n) is 4.33. The fourth-order valence-corrected chi connectivity index (χ4v) is 1.93. The number of nitrogens with two attached hydrogens (primary N) is 1. The van der Waals surface area contributed by atoms with E-state index in [1.807, 2.05) is 12.1 Å². The average Bonchev–Trinajstić information content (AvgIpc) is 2.27. The molecule has 0 radical (unpaired) electrons. The molecule has 1 rings (SSSR count). The van der Waals surface area contributed by atoms with Crippen LogP contribution >= 0.6 is 22.6 Å². The number of rotatable bonds is 4. The number of halogens is 1. The van der Waals surface area contributed by atoms with Crippen molar-refractivity contribution in [3.8, 4) is 17.6 Å². The Morgan fingerprint density at radius 2 is 2.38 bits per heavy atom. The molecule has 1 aromatic rings. The number of hydrogen-bond acceptors (Lipinski definition) is 5. The van der Waals surface area contributed by atoms with Crippen LogP contribution in [0.15, 0.2) is 17.2 Å². The maximum Gasteiger partial charge on any atom is 0.176 e. The summed E-state index contributed by atoms with van der Waals surface area (Å²) in [6.07, 6.45) is 1.51. The highest BCUT2D eigenvalue weighted by atomic mass is 127. The van der Waals surface area contributed by atoms with Crippen LogP contribution in [0.4, 0.5) is 0 Å². The Kier molecular flexibility index (Phi) is 4.85. The minimum atomic E-state index is -0.0172. The fourth-order valence-electron chi connectivity index (χ4n) is 1.14. The molecule has 0 atom stereocenters. The van der Waals surface area contributed by atoms with Gasteiger partial charge in [0.05, 0.1) is 16.9 Å². The zero-order valence-electron chi connectivity index (χ0n) is 8.61. The van der Waals surface area contributed by atoms with Gasteiger partial charge >= 0.3 is 0 Å². The molecule has 0 amide bonds. The van der Waals surface area contributed by atoms with Gasteiger partial charge in [-0.05, 0) is 40.3 Å². The van der Waals surface area contributed by atoms with Crippen LogP contribution in [0.3, 0.4) is 0 Å². The zero-order valence-corrected chi connectivity index (χ0v) is 10.8. The Morgan fingerprint density at radius 1 is 1.62 bits per heavy atom. The molecule has 0 aliphatic rings. The zero-order chi connectivity index (χ0) is 12.0. The van der Waals surface area contributed by atoms with E-state index in [4.69, 9.17) is 20.6 Å². The van der Waals surface area contributed by atoms with Crippen molar-refractivity contribution in [2.75, 3.05) is 13.7 Å². The van der Waals surface area contributed by atoms with Crippen LogP contribution in [-0.4, -0.2) is 19.9 Å². The summed E-state index contributed by atoms with van der Waals surface area (Å²) < 4.78 is 11.3. The maximum absolute atomic E-state index is 8.46. The van der Waals surface area contributed by atoms with Gasteiger partial charge in [-0.25, -0.2) is 0 Å². The molecule has 0 bridgehead atoms. The lowest BCUT2D eigenvalue weighted by molar-refractivity contribution is 0.327. The number of hydrazone groups is 1. The third-order valence-corrected chi connectivity index (χ3v) is 2.56. The van der Waals surface area contributed by atoms with Gasteiger partial charge in [-0.2, -0.15) is 10.4 Å². The van der Waals surface area contributed by atoms with Crippen LogP contribution in [0.25, 0.3) is 0 Å². The highest BCUT2D eigenvalue weighted by Gasteiger charge is 2.10. The second-order valence-corrected chi connectivity index (χ2v) is 3.92. The molecule has 0 fully saturated rings. The second kappa shape index (κ2) is 6.17. The summed E-state index contributed by atoms with van der Waals surface area (Å²) in [5.41, 5.74) is 0.813. The molecule has 0 aliphatic heterocycles. The van der Waals surface area contributed by atoms with Gasteiger partial charge in [0.2, 0.25) is 0 Å². The molecule has 0 spiro atoms. The van der Waals surface area contributed by atoms with E-state index in [0.717, 1.165) is 9.13 Å². The lowest BCUT2D eigenvalue weighted by Crippen LogP contribution is -2.00. The first-order valence-corrected chi connectivity index (χ1v) is 5.41. The molecule has 0 unspecified atom stereocenters. The van der Waals surface area contributed by atoms with E-state index in [0.29, 0.717) is 11.5 Å². The summed E-state index contributed by atoms with van der Waals surface area (Å²) >= 11 is 2.10. The van der Waals surface area contributed by atoms with Crippen molar-refractivity contribution in [3.63, 3.8) is 0 Å². The third-order valence-electron chi connectivity index (χ3n) is 1.76. The number of hydrogen-bond donors (Lipinski definition) is 1. The van der Waals surface area contributed by atoms with Crippen molar-refractivity contribution in [2.45, 2.75) is 0 Å². The highest BCUT2D eigenvalue weighted by Crippen LogP contribution is 2.33. The van der Waals surface area contributed by atoms with Gasteiger partial charge < -0.3 is 15.3 Å². The molecule has 0 saturated heterocycles. The summed E-state index contributed by atoms with van der Waals surface area (Å²) in [4.78, 5) is 0. The van der Waals surface area contributed by atoms with Crippen LogP contribution in [-0.2, 0) is 0 Å². The monoisotopic (exact) mass is 331 g/mol. The molecule has 0 aromatic heterocycles. The molecule has 6 heteroatoms. The van der Waals surface area contributed by atoms with Gasteiger partial charge in [0, 0.05) is 0 Å². The fraction of sp³-hybridized carbons (Fsp3) is 0.200. The van der Waals surface area contributed by atoms with Gasteiger partial charge in [0.15, 0.2) is 18.1 Å². The Labute approximate surface area is 107 Å². The summed E-state index contributed by atoms with van der Waals surface area (Å²) in [7, 11) is 1.54. The molecular formula is C10H10IN3O2. The molecule has 84 valence electrons. The molecular weight excluding hydrogens is 321 g/mol. The van der Waals surface area contributed by atoms with E-state index in [2.05, 4.69) is 27.7 Å². The Hall–Kier alpha value is -1.49. The van der Waals surface area contributed by atoms with E-state index < -0.39 is 0 Å². The van der Waals surface area contributed by atoms with Crippen LogP contribution < -0.4 is 15.3 Å². The lowest BCUT2D eigenvalue weighted by atomic mass is 10.2. The van der Waals surface area contributed by atoms with Crippen molar-refractivity contribution in [2.24, 2.45) is 10.9 Å². The largest absolute Gasteiger partial charge is 0.493 e. The van der Waals surface area contributed by atoms with Crippen LogP contribution in [0.2, 0.25) is 0 Å². The van der Waals surface area contributed by atoms with Gasteiger partial charge in [0.25, 0.3) is 0 Å². The molecule has 16 heavy (non-hydrogen) atoms. The minimum absolute atomic E-state index is 0.0172. The smallest absolute Gasteiger partial charge is 0.176 e. The predicted molar refractivity (Wildman–Crippen MR) is 68.6 cm³/mol. The molecule has 5 nitrogen and oxygen atoms in total. The van der Waals surface area contributed by atoms with Crippen molar-refractivity contribution in [3.05, 3.63) is 21.3 Å². The second-order valence-electron chi connectivity index (χ2n) is 2.76. The van der Waals surface area contributed by atoms with Crippen molar-refractivity contribution < 1.29 is 9.47 Å². The number of nitriles is 1. The minimum Gasteiger partial charge on any atom is -0.493 e. The number of benzene rings is 1. The Morgan fingerprint density at radius 3 is 2.94 bits per heavy atom. The first-order chi connectivity index (χ1) is 7.72. The Bertz CT molecular complexity index is 440. The van der Waals surface area contributed by atoms with E-state index in [9.17, 15) is 0 Å². The molecule has 0 aliphatic carbocycles. The van der Waals surface area contributed by atoms with Gasteiger partial charge in [0.1, 0.15) is 6.07 Å². The predicted octanol–water partition coefficient (Wildman–Crippen LogP) is 1.49. The molecule has 1 aromatic carbocycles. The van der Waals surface area contributed by atoms with Crippen molar-refractivity contribution >= 4 is 28.8 Å². The topological polar surface area (TPSA) is 80.6 Å².